The molecule has 24 heavy (non-hydrogen) atoms. The molecule has 0 aliphatic carbocycles. The molecule has 134 valence electrons. The summed E-state index contributed by atoms with van der Waals surface area (Å²) in [5.74, 6) is -1.34. The number of esters is 2. The van der Waals surface area contributed by atoms with Crippen LogP contribution in [0.4, 0.5) is 0 Å². The van der Waals surface area contributed by atoms with Gasteiger partial charge in [-0.1, -0.05) is 43.7 Å². The number of cyclic esters (lactones) is 1. The molecule has 0 saturated carbocycles. The molecule has 1 rings (SSSR count). The van der Waals surface area contributed by atoms with E-state index in [1.807, 2.05) is 13.8 Å². The van der Waals surface area contributed by atoms with Crippen LogP contribution in [0.15, 0.2) is 36.5 Å². The molecule has 1 aliphatic heterocycles. The van der Waals surface area contributed by atoms with Crippen LogP contribution in [0.3, 0.4) is 0 Å². The highest BCUT2D eigenvalue weighted by atomic mass is 16.6. The number of aliphatic hydroxyl groups excluding tert-OH is 2. The fraction of sp³-hybridized carbons (Fsp3) is 0.556. The van der Waals surface area contributed by atoms with Crippen LogP contribution in [0, 0.1) is 0 Å². The van der Waals surface area contributed by atoms with Gasteiger partial charge in [-0.15, -0.1) is 0 Å². The predicted molar refractivity (Wildman–Crippen MR) is 89.0 cm³/mol. The lowest BCUT2D eigenvalue weighted by Gasteiger charge is -2.27. The number of ether oxygens (including phenoxy) is 2. The van der Waals surface area contributed by atoms with E-state index in [1.165, 1.54) is 18.2 Å². The van der Waals surface area contributed by atoms with E-state index in [2.05, 4.69) is 0 Å². The van der Waals surface area contributed by atoms with E-state index in [0.29, 0.717) is 19.3 Å². The van der Waals surface area contributed by atoms with Crippen molar-refractivity contribution in [3.63, 3.8) is 0 Å². The van der Waals surface area contributed by atoms with Crippen molar-refractivity contribution in [2.45, 2.75) is 63.9 Å². The van der Waals surface area contributed by atoms with Gasteiger partial charge in [0.1, 0.15) is 18.3 Å². The fourth-order valence-electron chi connectivity index (χ4n) is 2.28. The smallest absolute Gasteiger partial charge is 0.347 e. The molecule has 0 amide bonds. The van der Waals surface area contributed by atoms with Gasteiger partial charge in [-0.2, -0.15) is 0 Å². The van der Waals surface area contributed by atoms with E-state index < -0.39 is 36.4 Å². The van der Waals surface area contributed by atoms with E-state index in [-0.39, 0.29) is 6.42 Å². The van der Waals surface area contributed by atoms with E-state index >= 15 is 0 Å². The molecule has 6 nitrogen and oxygen atoms in total. The number of carbonyl (C=O) groups excluding carboxylic acids is 2. The zero-order valence-corrected chi connectivity index (χ0v) is 14.1. The van der Waals surface area contributed by atoms with E-state index in [4.69, 9.17) is 9.47 Å². The molecule has 0 aromatic rings. The van der Waals surface area contributed by atoms with Gasteiger partial charge in [0.05, 0.1) is 0 Å². The molecule has 0 fully saturated rings. The average Bonchev–Trinajstić information content (AvgIpc) is 2.55. The Kier molecular flexibility index (Phi) is 9.04. The van der Waals surface area contributed by atoms with Crippen molar-refractivity contribution in [2.24, 2.45) is 0 Å². The summed E-state index contributed by atoms with van der Waals surface area (Å²) in [5, 5.41) is 20.0. The van der Waals surface area contributed by atoms with Gasteiger partial charge in [0.15, 0.2) is 6.10 Å². The van der Waals surface area contributed by atoms with Crippen molar-refractivity contribution < 1.29 is 29.3 Å². The van der Waals surface area contributed by atoms with E-state index in [9.17, 15) is 19.8 Å². The fourth-order valence-corrected chi connectivity index (χ4v) is 2.28. The monoisotopic (exact) mass is 338 g/mol. The first-order valence-corrected chi connectivity index (χ1v) is 8.22. The van der Waals surface area contributed by atoms with Crippen molar-refractivity contribution in [3.05, 3.63) is 36.5 Å². The van der Waals surface area contributed by atoms with Crippen LogP contribution >= 0.6 is 0 Å². The second-order valence-corrected chi connectivity index (χ2v) is 5.56. The van der Waals surface area contributed by atoms with Gasteiger partial charge in [0, 0.05) is 6.08 Å². The van der Waals surface area contributed by atoms with Crippen LogP contribution in [0.5, 0.6) is 0 Å². The predicted octanol–water partition coefficient (Wildman–Crippen LogP) is 1.81. The summed E-state index contributed by atoms with van der Waals surface area (Å²) in [6.07, 6.45) is 6.83. The molecule has 2 N–H and O–H groups in total. The molecule has 0 radical (unpaired) electrons. The lowest BCUT2D eigenvalue weighted by molar-refractivity contribution is -0.176. The Bertz CT molecular complexity index is 494. The van der Waals surface area contributed by atoms with Crippen molar-refractivity contribution in [3.8, 4) is 0 Å². The molecule has 0 saturated heterocycles. The molecule has 6 heteroatoms. The summed E-state index contributed by atoms with van der Waals surface area (Å²) in [6.45, 7) is 3.69. The second-order valence-electron chi connectivity index (χ2n) is 5.56. The first-order chi connectivity index (χ1) is 11.5. The molecule has 0 bridgehead atoms. The Morgan fingerprint density at radius 1 is 1.42 bits per heavy atom. The minimum Gasteiger partial charge on any atom is -0.457 e. The second kappa shape index (κ2) is 10.8. The summed E-state index contributed by atoms with van der Waals surface area (Å²) in [5.41, 5.74) is 0. The Morgan fingerprint density at radius 2 is 2.17 bits per heavy atom. The minimum absolute atomic E-state index is 0.250. The highest BCUT2D eigenvalue weighted by Gasteiger charge is 2.32. The number of hydrogen-bond acceptors (Lipinski definition) is 6. The van der Waals surface area contributed by atoms with Crippen molar-refractivity contribution in [1.82, 2.24) is 0 Å². The molecule has 1 heterocycles. The number of allylic oxidation sites excluding steroid dienone is 4. The molecule has 0 aromatic heterocycles. The summed E-state index contributed by atoms with van der Waals surface area (Å²) in [7, 11) is 0. The lowest BCUT2D eigenvalue weighted by atomic mass is 10.0. The SMILES string of the molecule is C/C=C/C=C/C(=O)O[C@H]1CC/C=C/[C@H](O)[C@@H](O)[C@@H](CCC)OC1=O. The Balaban J connectivity index is 2.84. The molecular weight excluding hydrogens is 312 g/mol. The lowest BCUT2D eigenvalue weighted by Crippen LogP contribution is -2.42. The zero-order valence-electron chi connectivity index (χ0n) is 14.1. The van der Waals surface area contributed by atoms with Crippen LogP contribution in [0.2, 0.25) is 0 Å². The normalized spacial score (nSPS) is 30.2. The van der Waals surface area contributed by atoms with Crippen molar-refractivity contribution in [2.75, 3.05) is 0 Å². The van der Waals surface area contributed by atoms with Crippen LogP contribution < -0.4 is 0 Å². The third-order valence-corrected chi connectivity index (χ3v) is 3.56. The highest BCUT2D eigenvalue weighted by molar-refractivity contribution is 5.85. The van der Waals surface area contributed by atoms with Crippen molar-refractivity contribution in [1.29, 1.82) is 0 Å². The van der Waals surface area contributed by atoms with Gasteiger partial charge in [-0.05, 0) is 26.2 Å². The Hall–Kier alpha value is -1.92. The molecule has 0 unspecified atom stereocenters. The zero-order chi connectivity index (χ0) is 17.9. The summed E-state index contributed by atoms with van der Waals surface area (Å²) >= 11 is 0. The largest absolute Gasteiger partial charge is 0.457 e. The third-order valence-electron chi connectivity index (χ3n) is 3.56. The molecule has 0 spiro atoms. The quantitative estimate of drug-likeness (QED) is 0.344. The van der Waals surface area contributed by atoms with Gasteiger partial charge in [-0.3, -0.25) is 0 Å². The van der Waals surface area contributed by atoms with Crippen LogP contribution in [-0.4, -0.2) is 46.6 Å². The van der Waals surface area contributed by atoms with Gasteiger partial charge in [0.25, 0.3) is 0 Å². The van der Waals surface area contributed by atoms with Gasteiger partial charge in [-0.25, -0.2) is 9.59 Å². The molecule has 1 aliphatic rings. The minimum atomic E-state index is -1.21. The molecule has 4 atom stereocenters. The van der Waals surface area contributed by atoms with Gasteiger partial charge >= 0.3 is 11.9 Å². The van der Waals surface area contributed by atoms with Crippen LogP contribution in [-0.2, 0) is 19.1 Å². The molecule has 0 aromatic carbocycles. The number of rotatable bonds is 5. The molecular formula is C18H26O6. The third kappa shape index (κ3) is 6.68. The van der Waals surface area contributed by atoms with E-state index in [1.54, 1.807) is 18.2 Å². The van der Waals surface area contributed by atoms with Crippen molar-refractivity contribution >= 4 is 11.9 Å². The van der Waals surface area contributed by atoms with Gasteiger partial charge in [0.2, 0.25) is 0 Å². The first kappa shape index (κ1) is 20.1. The topological polar surface area (TPSA) is 93.1 Å². The van der Waals surface area contributed by atoms with Gasteiger partial charge < -0.3 is 19.7 Å². The summed E-state index contributed by atoms with van der Waals surface area (Å²) in [4.78, 5) is 24.0. The maximum atomic E-state index is 12.3. The maximum Gasteiger partial charge on any atom is 0.347 e. The highest BCUT2D eigenvalue weighted by Crippen LogP contribution is 2.17. The number of hydrogen-bond donors (Lipinski definition) is 2. The number of carbonyl (C=O) groups is 2. The maximum absolute atomic E-state index is 12.3. The van der Waals surface area contributed by atoms with Crippen LogP contribution in [0.1, 0.15) is 39.5 Å². The number of aliphatic hydroxyl groups is 2. The Morgan fingerprint density at radius 3 is 2.83 bits per heavy atom. The van der Waals surface area contributed by atoms with E-state index in [0.717, 1.165) is 0 Å². The first-order valence-electron chi connectivity index (χ1n) is 8.22. The summed E-state index contributed by atoms with van der Waals surface area (Å²) in [6, 6.07) is 0. The average molecular weight is 338 g/mol. The summed E-state index contributed by atoms with van der Waals surface area (Å²) < 4.78 is 10.4. The Labute approximate surface area is 142 Å². The van der Waals surface area contributed by atoms with Crippen LogP contribution in [0.25, 0.3) is 0 Å². The standard InChI is InChI=1S/C18H26O6/c1-3-5-6-12-16(20)23-15-11-8-7-10-13(19)17(21)14(9-4-2)24-18(15)22/h3,5-7,10,12-15,17,19,21H,4,8-9,11H2,1-2H3/b5-3+,10-7+,12-6+/t13-,14+,15-,17+/m0/s1.